The van der Waals surface area contributed by atoms with E-state index in [2.05, 4.69) is 10.0 Å². The summed E-state index contributed by atoms with van der Waals surface area (Å²) in [5.41, 5.74) is 0.815. The van der Waals surface area contributed by atoms with Gasteiger partial charge in [-0.2, -0.15) is 0 Å². The number of halogens is 2. The Balaban J connectivity index is 1.68. The number of ether oxygens (including phenoxy) is 1. The van der Waals surface area contributed by atoms with Crippen molar-refractivity contribution in [2.24, 2.45) is 0 Å². The van der Waals surface area contributed by atoms with Gasteiger partial charge in [-0.25, -0.2) is 8.42 Å². The fraction of sp³-hybridized carbons (Fsp3) is 0. The molecule has 0 fully saturated rings. The molecule has 1 aliphatic rings. The zero-order chi connectivity index (χ0) is 19.9. The summed E-state index contributed by atoms with van der Waals surface area (Å²) in [6.07, 6.45) is 0. The maximum absolute atomic E-state index is 12.6. The number of hydrogen-bond donors (Lipinski definition) is 2. The van der Waals surface area contributed by atoms with Gasteiger partial charge in [0.1, 0.15) is 5.75 Å². The van der Waals surface area contributed by atoms with E-state index in [1.807, 2.05) is 0 Å². The first-order valence-corrected chi connectivity index (χ1v) is 10.3. The van der Waals surface area contributed by atoms with Gasteiger partial charge in [0.15, 0.2) is 5.75 Å². The Morgan fingerprint density at radius 2 is 1.64 bits per heavy atom. The van der Waals surface area contributed by atoms with Crippen LogP contribution in [0.3, 0.4) is 0 Å². The first kappa shape index (κ1) is 18.6. The summed E-state index contributed by atoms with van der Waals surface area (Å²) in [7, 11) is -3.87. The molecule has 142 valence electrons. The molecule has 3 aromatic carbocycles. The normalized spacial score (nSPS) is 12.9. The van der Waals surface area contributed by atoms with E-state index in [0.717, 1.165) is 0 Å². The molecular weight excluding hydrogens is 423 g/mol. The summed E-state index contributed by atoms with van der Waals surface area (Å²) in [5, 5.41) is 3.45. The molecule has 3 aromatic rings. The Labute approximate surface area is 171 Å². The van der Waals surface area contributed by atoms with Gasteiger partial charge in [0.25, 0.3) is 15.9 Å². The highest BCUT2D eigenvalue weighted by molar-refractivity contribution is 7.92. The van der Waals surface area contributed by atoms with Crippen molar-refractivity contribution >= 4 is 50.5 Å². The van der Waals surface area contributed by atoms with Gasteiger partial charge in [0, 0.05) is 15.7 Å². The fourth-order valence-electron chi connectivity index (χ4n) is 2.71. The Morgan fingerprint density at radius 3 is 2.43 bits per heavy atom. The number of sulfonamides is 1. The van der Waals surface area contributed by atoms with Crippen molar-refractivity contribution in [1.82, 2.24) is 0 Å². The van der Waals surface area contributed by atoms with Crippen LogP contribution in [-0.2, 0) is 10.0 Å². The highest BCUT2D eigenvalue weighted by Gasteiger charge is 2.23. The average Bonchev–Trinajstić information content (AvgIpc) is 2.77. The lowest BCUT2D eigenvalue weighted by Gasteiger charge is -2.11. The third-order valence-corrected chi connectivity index (χ3v) is 5.84. The summed E-state index contributed by atoms with van der Waals surface area (Å²) < 4.78 is 33.4. The second-order valence-corrected chi connectivity index (χ2v) is 8.53. The van der Waals surface area contributed by atoms with Crippen molar-refractivity contribution in [2.45, 2.75) is 4.90 Å². The van der Waals surface area contributed by atoms with Crippen LogP contribution in [0.25, 0.3) is 0 Å². The minimum Gasteiger partial charge on any atom is -0.454 e. The zero-order valence-corrected chi connectivity index (χ0v) is 16.4. The standard InChI is InChI=1S/C19H12Cl2N2O4S/c20-11-2-1-3-14(8-11)28(25,26)23-13-5-7-17-15(10-13)19(24)22-16-9-12(21)4-6-18(16)27-17/h1-10,23H,(H,22,24). The Hall–Kier alpha value is -2.74. The number of amides is 1. The van der Waals surface area contributed by atoms with Crippen molar-refractivity contribution in [3.8, 4) is 11.5 Å². The van der Waals surface area contributed by atoms with Crippen LogP contribution in [0.2, 0.25) is 10.0 Å². The van der Waals surface area contributed by atoms with Crippen molar-refractivity contribution in [2.75, 3.05) is 10.0 Å². The molecular formula is C19H12Cl2N2O4S. The molecule has 1 aliphatic heterocycles. The third kappa shape index (κ3) is 3.64. The highest BCUT2D eigenvalue weighted by atomic mass is 35.5. The maximum atomic E-state index is 12.6. The van der Waals surface area contributed by atoms with Gasteiger partial charge in [-0.05, 0) is 54.6 Å². The van der Waals surface area contributed by atoms with Crippen molar-refractivity contribution in [3.63, 3.8) is 0 Å². The molecule has 0 aromatic heterocycles. The van der Waals surface area contributed by atoms with Crippen molar-refractivity contribution < 1.29 is 17.9 Å². The lowest BCUT2D eigenvalue weighted by atomic mass is 10.1. The predicted molar refractivity (Wildman–Crippen MR) is 108 cm³/mol. The van der Waals surface area contributed by atoms with Gasteiger partial charge in [0.05, 0.1) is 16.1 Å². The molecule has 0 saturated carbocycles. The van der Waals surface area contributed by atoms with Crippen LogP contribution in [0, 0.1) is 0 Å². The summed E-state index contributed by atoms with van der Waals surface area (Å²) in [6.45, 7) is 0. The van der Waals surface area contributed by atoms with E-state index in [9.17, 15) is 13.2 Å². The van der Waals surface area contributed by atoms with Crippen LogP contribution in [0.1, 0.15) is 10.4 Å². The lowest BCUT2D eigenvalue weighted by Crippen LogP contribution is -2.14. The van der Waals surface area contributed by atoms with E-state index in [1.165, 1.54) is 36.4 Å². The fourth-order valence-corrected chi connectivity index (χ4v) is 4.23. The molecule has 0 bridgehead atoms. The first-order valence-electron chi connectivity index (χ1n) is 8.03. The maximum Gasteiger partial charge on any atom is 0.261 e. The number of hydrogen-bond acceptors (Lipinski definition) is 4. The zero-order valence-electron chi connectivity index (χ0n) is 14.1. The summed E-state index contributed by atoms with van der Waals surface area (Å²) in [5.74, 6) is 0.285. The van der Waals surface area contributed by atoms with Crippen LogP contribution in [-0.4, -0.2) is 14.3 Å². The lowest BCUT2D eigenvalue weighted by molar-refractivity contribution is 0.102. The quantitative estimate of drug-likeness (QED) is 0.596. The van der Waals surface area contributed by atoms with Crippen LogP contribution in [0.4, 0.5) is 11.4 Å². The number of rotatable bonds is 3. The summed E-state index contributed by atoms with van der Waals surface area (Å²) in [6, 6.07) is 15.2. The Morgan fingerprint density at radius 1 is 0.893 bits per heavy atom. The van der Waals surface area contributed by atoms with Gasteiger partial charge < -0.3 is 10.1 Å². The molecule has 6 nitrogen and oxygen atoms in total. The Bertz CT molecular complexity index is 1210. The van der Waals surface area contributed by atoms with Crippen molar-refractivity contribution in [3.05, 3.63) is 76.3 Å². The average molecular weight is 435 g/mol. The summed E-state index contributed by atoms with van der Waals surface area (Å²) in [4.78, 5) is 12.6. The van der Waals surface area contributed by atoms with Crippen LogP contribution >= 0.6 is 23.2 Å². The van der Waals surface area contributed by atoms with E-state index < -0.39 is 15.9 Å². The number of nitrogens with one attached hydrogen (secondary N) is 2. The van der Waals surface area contributed by atoms with Crippen molar-refractivity contribution in [1.29, 1.82) is 0 Å². The molecule has 28 heavy (non-hydrogen) atoms. The molecule has 9 heteroatoms. The Kier molecular flexibility index (Phi) is 4.66. The van der Waals surface area contributed by atoms with E-state index in [1.54, 1.807) is 24.3 Å². The molecule has 1 heterocycles. The number of fused-ring (bicyclic) bond motifs is 2. The van der Waals surface area contributed by atoms with Gasteiger partial charge in [-0.15, -0.1) is 0 Å². The summed E-state index contributed by atoms with van der Waals surface area (Å²) >= 11 is 11.8. The van der Waals surface area contributed by atoms with Gasteiger partial charge >= 0.3 is 0 Å². The van der Waals surface area contributed by atoms with E-state index >= 15 is 0 Å². The number of anilines is 2. The van der Waals surface area contributed by atoms with E-state index in [-0.39, 0.29) is 16.1 Å². The molecule has 0 radical (unpaired) electrons. The second kappa shape index (κ2) is 7.01. The number of carbonyl (C=O) groups is 1. The first-order chi connectivity index (χ1) is 13.3. The molecule has 1 amide bonds. The molecule has 0 unspecified atom stereocenters. The van der Waals surface area contributed by atoms with E-state index in [4.69, 9.17) is 27.9 Å². The minimum atomic E-state index is -3.87. The predicted octanol–water partition coefficient (Wildman–Crippen LogP) is 5.15. The largest absolute Gasteiger partial charge is 0.454 e. The van der Waals surface area contributed by atoms with Crippen LogP contribution in [0.15, 0.2) is 65.6 Å². The van der Waals surface area contributed by atoms with Gasteiger partial charge in [-0.3, -0.25) is 9.52 Å². The van der Waals surface area contributed by atoms with Gasteiger partial charge in [0.2, 0.25) is 0 Å². The van der Waals surface area contributed by atoms with Crippen LogP contribution < -0.4 is 14.8 Å². The third-order valence-electron chi connectivity index (χ3n) is 3.99. The van der Waals surface area contributed by atoms with Gasteiger partial charge in [-0.1, -0.05) is 29.3 Å². The molecule has 2 N–H and O–H groups in total. The molecule has 4 rings (SSSR count). The minimum absolute atomic E-state index is 0.0118. The second-order valence-electron chi connectivity index (χ2n) is 5.97. The molecule has 0 atom stereocenters. The molecule has 0 saturated heterocycles. The monoisotopic (exact) mass is 434 g/mol. The topological polar surface area (TPSA) is 84.5 Å². The molecule has 0 aliphatic carbocycles. The number of carbonyl (C=O) groups excluding carboxylic acids is 1. The molecule has 0 spiro atoms. The highest BCUT2D eigenvalue weighted by Crippen LogP contribution is 2.38. The SMILES string of the molecule is O=C1Nc2cc(Cl)ccc2Oc2ccc(NS(=O)(=O)c3cccc(Cl)c3)cc21. The number of benzene rings is 3. The smallest absolute Gasteiger partial charge is 0.261 e. The van der Waals surface area contributed by atoms with Crippen LogP contribution in [0.5, 0.6) is 11.5 Å². The van der Waals surface area contributed by atoms with E-state index in [0.29, 0.717) is 27.2 Å².